The molecule has 1 N–H and O–H groups in total. The molecular formula is C22H25N3O4. The van der Waals surface area contributed by atoms with Crippen molar-refractivity contribution in [1.29, 1.82) is 0 Å². The van der Waals surface area contributed by atoms with Gasteiger partial charge in [0.1, 0.15) is 5.75 Å². The van der Waals surface area contributed by atoms with Crippen molar-refractivity contribution in [3.05, 3.63) is 48.5 Å². The lowest BCUT2D eigenvalue weighted by molar-refractivity contribution is -0.915. The van der Waals surface area contributed by atoms with Crippen molar-refractivity contribution in [1.82, 2.24) is 0 Å². The molecule has 29 heavy (non-hydrogen) atoms. The second kappa shape index (κ2) is 8.13. The molecule has 2 amide bonds. The number of hydrogen-bond acceptors (Lipinski definition) is 5. The van der Waals surface area contributed by atoms with Gasteiger partial charge in [-0.25, -0.2) is 4.90 Å². The molecule has 2 aromatic carbocycles. The Morgan fingerprint density at radius 3 is 2.24 bits per heavy atom. The number of anilines is 2. The summed E-state index contributed by atoms with van der Waals surface area (Å²) in [5.41, 5.74) is 1.62. The Labute approximate surface area is 170 Å². The normalized spacial score (nSPS) is 20.4. The predicted octanol–water partition coefficient (Wildman–Crippen LogP) is 0.196. The number of imide groups is 1. The van der Waals surface area contributed by atoms with Gasteiger partial charge in [0.05, 0.1) is 44.9 Å². The van der Waals surface area contributed by atoms with Gasteiger partial charge < -0.3 is 19.6 Å². The van der Waals surface area contributed by atoms with Gasteiger partial charge in [0.25, 0.3) is 5.91 Å². The molecule has 2 heterocycles. The minimum absolute atomic E-state index is 0.00227. The summed E-state index contributed by atoms with van der Waals surface area (Å²) >= 11 is 0. The molecule has 2 fully saturated rings. The molecule has 152 valence electrons. The van der Waals surface area contributed by atoms with Crippen LogP contribution >= 0.6 is 0 Å². The molecule has 1 atom stereocenters. The van der Waals surface area contributed by atoms with Crippen molar-refractivity contribution in [2.75, 3.05) is 42.6 Å². The molecule has 1 unspecified atom stereocenters. The summed E-state index contributed by atoms with van der Waals surface area (Å²) in [6, 6.07) is 13.6. The molecule has 2 aliphatic rings. The van der Waals surface area contributed by atoms with Crippen molar-refractivity contribution in [3.8, 4) is 11.5 Å². The average Bonchev–Trinajstić information content (AvgIpc) is 3.04. The van der Waals surface area contributed by atoms with E-state index in [1.807, 2.05) is 19.1 Å². The summed E-state index contributed by atoms with van der Waals surface area (Å²) in [7, 11) is 0. The first kappa shape index (κ1) is 19.3. The number of quaternary nitrogens is 1. The summed E-state index contributed by atoms with van der Waals surface area (Å²) < 4.78 is 5.43. The van der Waals surface area contributed by atoms with Crippen molar-refractivity contribution >= 4 is 23.2 Å². The third-order valence-corrected chi connectivity index (χ3v) is 5.65. The van der Waals surface area contributed by atoms with Crippen LogP contribution in [0.1, 0.15) is 13.3 Å². The quantitative estimate of drug-likeness (QED) is 0.732. The topological polar surface area (TPSA) is 77.3 Å². The van der Waals surface area contributed by atoms with Gasteiger partial charge in [-0.05, 0) is 43.3 Å². The number of hydrogen-bond donors (Lipinski definition) is 1. The van der Waals surface area contributed by atoms with Crippen LogP contribution in [0.2, 0.25) is 0 Å². The van der Waals surface area contributed by atoms with E-state index >= 15 is 0 Å². The van der Waals surface area contributed by atoms with Gasteiger partial charge in [-0.2, -0.15) is 0 Å². The van der Waals surface area contributed by atoms with Crippen LogP contribution < -0.4 is 24.5 Å². The van der Waals surface area contributed by atoms with E-state index in [1.54, 1.807) is 36.4 Å². The van der Waals surface area contributed by atoms with Gasteiger partial charge in [-0.1, -0.05) is 12.1 Å². The number of nitrogens with one attached hydrogen (secondary N) is 1. The Kier molecular flexibility index (Phi) is 5.40. The van der Waals surface area contributed by atoms with Gasteiger partial charge in [0.15, 0.2) is 6.04 Å². The van der Waals surface area contributed by atoms with E-state index < -0.39 is 0 Å². The van der Waals surface area contributed by atoms with E-state index in [2.05, 4.69) is 4.90 Å². The number of ether oxygens (including phenoxy) is 1. The number of carbonyl (C=O) groups excluding carboxylic acids is 2. The minimum atomic E-state index is -0.333. The van der Waals surface area contributed by atoms with E-state index in [0.717, 1.165) is 42.5 Å². The molecule has 2 saturated heterocycles. The highest BCUT2D eigenvalue weighted by Gasteiger charge is 2.46. The molecule has 0 aliphatic carbocycles. The lowest BCUT2D eigenvalue weighted by Crippen LogP contribution is -3.19. The Bertz CT molecular complexity index is 874. The summed E-state index contributed by atoms with van der Waals surface area (Å²) in [6.07, 6.45) is 0.242. The minimum Gasteiger partial charge on any atom is -0.872 e. The van der Waals surface area contributed by atoms with E-state index in [1.165, 1.54) is 4.90 Å². The molecule has 7 heteroatoms. The van der Waals surface area contributed by atoms with Gasteiger partial charge in [0, 0.05) is 5.69 Å². The van der Waals surface area contributed by atoms with Crippen LogP contribution in [-0.2, 0) is 9.59 Å². The largest absolute Gasteiger partial charge is 0.872 e. The SMILES string of the molecule is CCOc1ccc(N2C(=O)CC([NH+]3CCN(c4ccc([O-])cc4)CC3)C2=O)cc1. The molecule has 2 aliphatic heterocycles. The smallest absolute Gasteiger partial charge is 0.292 e. The standard InChI is InChI=1S/C22H25N3O4/c1-2-29-19-9-5-17(6-10-19)25-21(27)15-20(22(25)28)24-13-11-23(12-14-24)16-3-7-18(26)8-4-16/h3-10,20,26H,2,11-15H2,1H3. The van der Waals surface area contributed by atoms with Crippen molar-refractivity contribution in [3.63, 3.8) is 0 Å². The van der Waals surface area contributed by atoms with Gasteiger partial charge >= 0.3 is 0 Å². The zero-order chi connectivity index (χ0) is 20.4. The lowest BCUT2D eigenvalue weighted by atomic mass is 10.1. The highest BCUT2D eigenvalue weighted by atomic mass is 16.5. The van der Waals surface area contributed by atoms with Crippen LogP contribution in [0, 0.1) is 0 Å². The van der Waals surface area contributed by atoms with Crippen LogP contribution in [0.4, 0.5) is 11.4 Å². The third-order valence-electron chi connectivity index (χ3n) is 5.65. The number of rotatable bonds is 5. The fraction of sp³-hybridized carbons (Fsp3) is 0.364. The van der Waals surface area contributed by atoms with E-state index in [-0.39, 0.29) is 30.0 Å². The fourth-order valence-corrected chi connectivity index (χ4v) is 4.14. The van der Waals surface area contributed by atoms with Crippen LogP contribution in [0.3, 0.4) is 0 Å². The maximum absolute atomic E-state index is 13.0. The van der Waals surface area contributed by atoms with Gasteiger partial charge in [-0.15, -0.1) is 5.75 Å². The molecule has 0 radical (unpaired) electrons. The van der Waals surface area contributed by atoms with Crippen LogP contribution in [0.5, 0.6) is 11.5 Å². The molecule has 0 bridgehead atoms. The lowest BCUT2D eigenvalue weighted by Gasteiger charge is -2.35. The number of benzene rings is 2. The van der Waals surface area contributed by atoms with E-state index in [4.69, 9.17) is 4.74 Å². The van der Waals surface area contributed by atoms with Crippen molar-refractivity contribution in [2.45, 2.75) is 19.4 Å². The highest BCUT2D eigenvalue weighted by Crippen LogP contribution is 2.25. The zero-order valence-electron chi connectivity index (χ0n) is 16.5. The maximum atomic E-state index is 13.0. The summed E-state index contributed by atoms with van der Waals surface area (Å²) in [5, 5.41) is 11.3. The van der Waals surface area contributed by atoms with Gasteiger partial charge in [-0.3, -0.25) is 9.59 Å². The average molecular weight is 395 g/mol. The Balaban J connectivity index is 1.40. The molecule has 0 spiro atoms. The zero-order valence-corrected chi connectivity index (χ0v) is 16.5. The molecule has 7 nitrogen and oxygen atoms in total. The van der Waals surface area contributed by atoms with Crippen LogP contribution in [0.15, 0.2) is 48.5 Å². The van der Waals surface area contributed by atoms with Crippen LogP contribution in [0.25, 0.3) is 0 Å². The molecule has 0 aromatic heterocycles. The Hall–Kier alpha value is -3.06. The molecule has 2 aromatic rings. The maximum Gasteiger partial charge on any atom is 0.292 e. The second-order valence-corrected chi connectivity index (χ2v) is 7.39. The van der Waals surface area contributed by atoms with E-state index in [0.29, 0.717) is 12.3 Å². The van der Waals surface area contributed by atoms with Crippen LogP contribution in [-0.4, -0.2) is 50.6 Å². The summed E-state index contributed by atoms with van der Waals surface area (Å²) in [6.45, 7) is 5.61. The Morgan fingerprint density at radius 1 is 1.00 bits per heavy atom. The number of nitrogens with zero attached hydrogens (tertiary/aromatic N) is 2. The predicted molar refractivity (Wildman–Crippen MR) is 107 cm³/mol. The fourth-order valence-electron chi connectivity index (χ4n) is 4.14. The summed E-state index contributed by atoms with van der Waals surface area (Å²) in [4.78, 5) is 30.3. The number of carbonyl (C=O) groups is 2. The van der Waals surface area contributed by atoms with Crippen molar-refractivity contribution in [2.24, 2.45) is 0 Å². The molecular weight excluding hydrogens is 370 g/mol. The monoisotopic (exact) mass is 395 g/mol. The van der Waals surface area contributed by atoms with Gasteiger partial charge in [0.2, 0.25) is 5.91 Å². The first-order valence-corrected chi connectivity index (χ1v) is 10.0. The number of piperazine rings is 1. The first-order chi connectivity index (χ1) is 14.1. The number of amides is 2. The first-order valence-electron chi connectivity index (χ1n) is 10.0. The molecule has 4 rings (SSSR count). The van der Waals surface area contributed by atoms with Crippen molar-refractivity contribution < 1.29 is 24.3 Å². The highest BCUT2D eigenvalue weighted by molar-refractivity contribution is 6.21. The van der Waals surface area contributed by atoms with E-state index in [9.17, 15) is 14.7 Å². The second-order valence-electron chi connectivity index (χ2n) is 7.39. The third kappa shape index (κ3) is 3.91. The molecule has 0 saturated carbocycles. The Morgan fingerprint density at radius 2 is 1.62 bits per heavy atom. The summed E-state index contributed by atoms with van der Waals surface area (Å²) in [5.74, 6) is 0.449.